The number of aromatic nitrogens is 2. The van der Waals surface area contributed by atoms with Gasteiger partial charge in [-0.3, -0.25) is 9.48 Å². The average Bonchev–Trinajstić information content (AvgIpc) is 3.27. The number of carbonyl (C=O) groups excluding carboxylic acids is 1. The van der Waals surface area contributed by atoms with E-state index >= 15 is 0 Å². The Morgan fingerprint density at radius 3 is 2.83 bits per heavy atom. The smallest absolute Gasteiger partial charge is 0.261 e. The molecule has 1 aliphatic rings. The first-order valence-electron chi connectivity index (χ1n) is 8.16. The molecule has 6 heteroatoms. The van der Waals surface area contributed by atoms with E-state index in [4.69, 9.17) is 0 Å². The maximum absolute atomic E-state index is 14.1. The quantitative estimate of drug-likeness (QED) is 0.778. The summed E-state index contributed by atoms with van der Waals surface area (Å²) >= 11 is 1.40. The summed E-state index contributed by atoms with van der Waals surface area (Å²) in [5.74, 6) is -0.344. The molecule has 0 unspecified atom stereocenters. The monoisotopic (exact) mass is 343 g/mol. The molecule has 1 N–H and O–H groups in total. The number of fused-ring (bicyclic) bond motifs is 1. The van der Waals surface area contributed by atoms with E-state index in [9.17, 15) is 9.18 Å². The van der Waals surface area contributed by atoms with Gasteiger partial charge in [-0.25, -0.2) is 4.39 Å². The number of thiophene rings is 1. The molecule has 1 saturated carbocycles. The van der Waals surface area contributed by atoms with Gasteiger partial charge in [0.25, 0.3) is 5.91 Å². The highest BCUT2D eigenvalue weighted by atomic mass is 32.1. The van der Waals surface area contributed by atoms with Crippen molar-refractivity contribution in [2.45, 2.75) is 31.7 Å². The van der Waals surface area contributed by atoms with Gasteiger partial charge < -0.3 is 5.32 Å². The van der Waals surface area contributed by atoms with Crippen LogP contribution in [0.4, 0.5) is 4.39 Å². The summed E-state index contributed by atoms with van der Waals surface area (Å²) in [4.78, 5) is 14.0. The van der Waals surface area contributed by atoms with Gasteiger partial charge in [0.05, 0.1) is 4.88 Å². The van der Waals surface area contributed by atoms with Gasteiger partial charge in [-0.1, -0.05) is 25.0 Å². The summed E-state index contributed by atoms with van der Waals surface area (Å²) in [7, 11) is 1.82. The summed E-state index contributed by atoms with van der Waals surface area (Å²) in [5, 5.41) is 8.37. The fourth-order valence-electron chi connectivity index (χ4n) is 3.33. The zero-order valence-corrected chi connectivity index (χ0v) is 14.2. The zero-order chi connectivity index (χ0) is 16.7. The first-order valence-corrected chi connectivity index (χ1v) is 8.97. The van der Waals surface area contributed by atoms with Crippen LogP contribution in [0.1, 0.15) is 35.4 Å². The lowest BCUT2D eigenvalue weighted by Crippen LogP contribution is -2.31. The second-order valence-electron chi connectivity index (χ2n) is 6.24. The molecule has 0 bridgehead atoms. The number of hydrogen-bond donors (Lipinski definition) is 1. The minimum atomic E-state index is -0.305. The van der Waals surface area contributed by atoms with Crippen molar-refractivity contribution in [1.82, 2.24) is 15.1 Å². The Morgan fingerprint density at radius 1 is 1.33 bits per heavy atom. The number of nitrogens with one attached hydrogen (secondary N) is 1. The van der Waals surface area contributed by atoms with Crippen LogP contribution in [0.15, 0.2) is 30.3 Å². The van der Waals surface area contributed by atoms with Crippen molar-refractivity contribution >= 4 is 27.5 Å². The molecule has 1 amide bonds. The van der Waals surface area contributed by atoms with E-state index in [0.717, 1.165) is 23.1 Å². The zero-order valence-electron chi connectivity index (χ0n) is 13.4. The summed E-state index contributed by atoms with van der Waals surface area (Å²) in [6.07, 6.45) is 4.47. The van der Waals surface area contributed by atoms with Crippen molar-refractivity contribution in [2.75, 3.05) is 0 Å². The van der Waals surface area contributed by atoms with Crippen molar-refractivity contribution in [1.29, 1.82) is 0 Å². The van der Waals surface area contributed by atoms with Crippen LogP contribution in [0.3, 0.4) is 0 Å². The molecule has 0 spiro atoms. The van der Waals surface area contributed by atoms with Gasteiger partial charge in [0.15, 0.2) is 0 Å². The van der Waals surface area contributed by atoms with Gasteiger partial charge in [0.2, 0.25) is 0 Å². The predicted octanol–water partition coefficient (Wildman–Crippen LogP) is 4.11. The fraction of sp³-hybridized carbons (Fsp3) is 0.333. The van der Waals surface area contributed by atoms with Crippen molar-refractivity contribution in [3.05, 3.63) is 41.0 Å². The Bertz CT molecular complexity index is 908. The van der Waals surface area contributed by atoms with Crippen molar-refractivity contribution < 1.29 is 9.18 Å². The molecule has 0 saturated heterocycles. The first-order chi connectivity index (χ1) is 11.6. The highest BCUT2D eigenvalue weighted by Gasteiger charge is 2.22. The van der Waals surface area contributed by atoms with E-state index in [1.54, 1.807) is 22.9 Å². The molecular formula is C18H18FN3OS. The van der Waals surface area contributed by atoms with Crippen LogP contribution in [-0.2, 0) is 7.05 Å². The maximum Gasteiger partial charge on any atom is 0.261 e. The second-order valence-corrected chi connectivity index (χ2v) is 7.27. The number of nitrogens with zero attached hydrogens (tertiary/aromatic N) is 2. The SMILES string of the molecule is Cn1nc(-c2ccccc2F)c2cc(C(=O)NC3CCCC3)sc21. The van der Waals surface area contributed by atoms with Crippen molar-refractivity contribution in [2.24, 2.45) is 7.05 Å². The van der Waals surface area contributed by atoms with Crippen LogP contribution in [0, 0.1) is 5.82 Å². The van der Waals surface area contributed by atoms with Crippen LogP contribution >= 0.6 is 11.3 Å². The van der Waals surface area contributed by atoms with E-state index in [2.05, 4.69) is 10.4 Å². The van der Waals surface area contributed by atoms with E-state index in [1.165, 1.54) is 30.2 Å². The molecule has 1 fully saturated rings. The maximum atomic E-state index is 14.1. The number of amides is 1. The lowest BCUT2D eigenvalue weighted by molar-refractivity contribution is 0.0942. The Kier molecular flexibility index (Phi) is 3.84. The third kappa shape index (κ3) is 2.60. The normalized spacial score (nSPS) is 15.2. The number of aryl methyl sites for hydroxylation is 1. The van der Waals surface area contributed by atoms with E-state index in [0.29, 0.717) is 16.1 Å². The molecule has 1 aliphatic carbocycles. The van der Waals surface area contributed by atoms with Gasteiger partial charge in [-0.2, -0.15) is 5.10 Å². The Hall–Kier alpha value is -2.21. The molecule has 2 aromatic heterocycles. The molecule has 0 aliphatic heterocycles. The van der Waals surface area contributed by atoms with Gasteiger partial charge >= 0.3 is 0 Å². The molecule has 124 valence electrons. The van der Waals surface area contributed by atoms with Crippen molar-refractivity contribution in [3.8, 4) is 11.3 Å². The summed E-state index contributed by atoms with van der Waals surface area (Å²) < 4.78 is 15.8. The number of benzene rings is 1. The lowest BCUT2D eigenvalue weighted by atomic mass is 10.1. The van der Waals surface area contributed by atoms with Crippen LogP contribution in [0.25, 0.3) is 21.5 Å². The summed E-state index contributed by atoms with van der Waals surface area (Å²) in [5.41, 5.74) is 1.05. The predicted molar refractivity (Wildman–Crippen MR) is 93.7 cm³/mol. The van der Waals surface area contributed by atoms with Gasteiger partial charge in [-0.15, -0.1) is 11.3 Å². The largest absolute Gasteiger partial charge is 0.349 e. The fourth-order valence-corrected chi connectivity index (χ4v) is 4.31. The van der Waals surface area contributed by atoms with Crippen LogP contribution in [0.5, 0.6) is 0 Å². The number of hydrogen-bond acceptors (Lipinski definition) is 3. The Balaban J connectivity index is 1.72. The van der Waals surface area contributed by atoms with Crippen LogP contribution in [-0.4, -0.2) is 21.7 Å². The number of halogens is 1. The number of carbonyl (C=O) groups is 1. The molecule has 4 rings (SSSR count). The average molecular weight is 343 g/mol. The highest BCUT2D eigenvalue weighted by Crippen LogP contribution is 2.34. The molecule has 3 aromatic rings. The van der Waals surface area contributed by atoms with Crippen LogP contribution in [0.2, 0.25) is 0 Å². The molecule has 2 heterocycles. The minimum Gasteiger partial charge on any atom is -0.349 e. The van der Waals surface area contributed by atoms with E-state index in [1.807, 2.05) is 13.1 Å². The second kappa shape index (κ2) is 6.02. The van der Waals surface area contributed by atoms with Crippen LogP contribution < -0.4 is 5.32 Å². The molecule has 0 radical (unpaired) electrons. The Morgan fingerprint density at radius 2 is 2.08 bits per heavy atom. The van der Waals surface area contributed by atoms with Crippen molar-refractivity contribution in [3.63, 3.8) is 0 Å². The Labute approximate surface area is 143 Å². The summed E-state index contributed by atoms with van der Waals surface area (Å²) in [6.45, 7) is 0. The third-order valence-corrected chi connectivity index (χ3v) is 5.76. The molecular weight excluding hydrogens is 325 g/mol. The van der Waals surface area contributed by atoms with E-state index < -0.39 is 0 Å². The standard InChI is InChI=1S/C18H18FN3OS/c1-22-18-13(16(21-22)12-8-4-5-9-14(12)19)10-15(24-18)17(23)20-11-6-2-3-7-11/h4-5,8-11H,2-3,6-7H2,1H3,(H,20,23). The van der Waals surface area contributed by atoms with Gasteiger partial charge in [0, 0.05) is 24.0 Å². The first kappa shape index (κ1) is 15.3. The topological polar surface area (TPSA) is 46.9 Å². The lowest BCUT2D eigenvalue weighted by Gasteiger charge is -2.10. The number of rotatable bonds is 3. The minimum absolute atomic E-state index is 0.0393. The summed E-state index contributed by atoms with van der Waals surface area (Å²) in [6, 6.07) is 8.71. The van der Waals surface area contributed by atoms with Gasteiger partial charge in [0.1, 0.15) is 16.3 Å². The highest BCUT2D eigenvalue weighted by molar-refractivity contribution is 7.20. The third-order valence-electron chi connectivity index (χ3n) is 4.55. The van der Waals surface area contributed by atoms with Gasteiger partial charge in [-0.05, 0) is 31.0 Å². The molecule has 0 atom stereocenters. The van der Waals surface area contributed by atoms with E-state index in [-0.39, 0.29) is 17.8 Å². The molecule has 24 heavy (non-hydrogen) atoms. The molecule has 1 aromatic carbocycles. The molecule has 4 nitrogen and oxygen atoms in total.